The number of anilines is 1. The Bertz CT molecular complexity index is 266. The minimum absolute atomic E-state index is 0.709. The lowest BCUT2D eigenvalue weighted by Gasteiger charge is -2.12. The SMILES string of the molecule is CSCN(C#N)c1ccccc1. The van der Waals surface area contributed by atoms with E-state index in [1.54, 1.807) is 16.7 Å². The lowest BCUT2D eigenvalue weighted by atomic mass is 10.3. The molecule has 0 aliphatic carbocycles. The fourth-order valence-electron chi connectivity index (χ4n) is 0.898. The molecular weight excluding hydrogens is 168 g/mol. The maximum Gasteiger partial charge on any atom is 0.185 e. The van der Waals surface area contributed by atoms with Crippen molar-refractivity contribution in [3.05, 3.63) is 30.3 Å². The van der Waals surface area contributed by atoms with Gasteiger partial charge in [-0.3, -0.25) is 4.90 Å². The van der Waals surface area contributed by atoms with Crippen LogP contribution in [0.3, 0.4) is 0 Å². The number of thioether (sulfide) groups is 1. The third-order valence-electron chi connectivity index (χ3n) is 1.45. The highest BCUT2D eigenvalue weighted by molar-refractivity contribution is 7.98. The predicted octanol–water partition coefficient (Wildman–Crippen LogP) is 2.29. The van der Waals surface area contributed by atoms with Gasteiger partial charge in [0, 0.05) is 0 Å². The van der Waals surface area contributed by atoms with Crippen LogP contribution in [0.4, 0.5) is 5.69 Å². The Kier molecular flexibility index (Phi) is 3.49. The van der Waals surface area contributed by atoms with Gasteiger partial charge in [-0.25, -0.2) is 0 Å². The van der Waals surface area contributed by atoms with Crippen LogP contribution in [0, 0.1) is 11.5 Å². The Balaban J connectivity index is 2.75. The van der Waals surface area contributed by atoms with Gasteiger partial charge in [0.05, 0.1) is 11.6 Å². The van der Waals surface area contributed by atoms with Crippen LogP contribution in [-0.4, -0.2) is 12.1 Å². The minimum Gasteiger partial charge on any atom is -0.270 e. The van der Waals surface area contributed by atoms with Gasteiger partial charge >= 0.3 is 0 Å². The number of nitrogens with zero attached hydrogens (tertiary/aromatic N) is 2. The first-order valence-electron chi connectivity index (χ1n) is 3.59. The molecule has 1 aromatic rings. The molecule has 0 amide bonds. The Morgan fingerprint density at radius 1 is 1.42 bits per heavy atom. The molecule has 0 spiro atoms. The van der Waals surface area contributed by atoms with Crippen LogP contribution in [0.2, 0.25) is 0 Å². The van der Waals surface area contributed by atoms with Crippen LogP contribution in [0.1, 0.15) is 0 Å². The maximum atomic E-state index is 8.77. The number of rotatable bonds is 3. The molecule has 0 fully saturated rings. The molecule has 0 aliphatic heterocycles. The molecule has 2 nitrogen and oxygen atoms in total. The average Bonchev–Trinajstić information content (AvgIpc) is 2.15. The number of hydrogen-bond donors (Lipinski definition) is 0. The summed E-state index contributed by atoms with van der Waals surface area (Å²) in [4.78, 5) is 1.66. The quantitative estimate of drug-likeness (QED) is 0.403. The third-order valence-corrected chi connectivity index (χ3v) is 1.96. The molecule has 3 heteroatoms. The standard InChI is InChI=1S/C9H10N2S/c1-12-8-11(7-10)9-5-3-2-4-6-9/h2-6H,8H2,1H3. The monoisotopic (exact) mass is 178 g/mol. The van der Waals surface area contributed by atoms with Gasteiger partial charge in [0.15, 0.2) is 6.19 Å². The predicted molar refractivity (Wildman–Crippen MR) is 52.9 cm³/mol. The fourth-order valence-corrected chi connectivity index (χ4v) is 1.36. The second-order valence-electron chi connectivity index (χ2n) is 2.28. The molecule has 0 unspecified atom stereocenters. The van der Waals surface area contributed by atoms with Crippen molar-refractivity contribution in [2.75, 3.05) is 17.0 Å². The van der Waals surface area contributed by atoms with E-state index in [-0.39, 0.29) is 0 Å². The van der Waals surface area contributed by atoms with E-state index < -0.39 is 0 Å². The van der Waals surface area contributed by atoms with E-state index in [0.29, 0.717) is 5.88 Å². The van der Waals surface area contributed by atoms with E-state index >= 15 is 0 Å². The number of para-hydroxylation sites is 1. The van der Waals surface area contributed by atoms with E-state index in [4.69, 9.17) is 5.26 Å². The molecule has 1 aromatic carbocycles. The molecule has 0 saturated carbocycles. The first kappa shape index (κ1) is 8.95. The van der Waals surface area contributed by atoms with Crippen LogP contribution in [0.25, 0.3) is 0 Å². The van der Waals surface area contributed by atoms with Crippen molar-refractivity contribution in [1.82, 2.24) is 0 Å². The summed E-state index contributed by atoms with van der Waals surface area (Å²) in [7, 11) is 0. The topological polar surface area (TPSA) is 27.0 Å². The zero-order chi connectivity index (χ0) is 8.81. The average molecular weight is 178 g/mol. The van der Waals surface area contributed by atoms with Crippen LogP contribution >= 0.6 is 11.8 Å². The summed E-state index contributed by atoms with van der Waals surface area (Å²) in [5, 5.41) is 8.77. The molecule has 0 radical (unpaired) electrons. The Labute approximate surface area is 76.8 Å². The molecule has 0 bridgehead atoms. The lowest BCUT2D eigenvalue weighted by molar-refractivity contribution is 1.17. The van der Waals surface area contributed by atoms with Crippen molar-refractivity contribution in [2.24, 2.45) is 0 Å². The Morgan fingerprint density at radius 2 is 2.08 bits per heavy atom. The smallest absolute Gasteiger partial charge is 0.185 e. The van der Waals surface area contributed by atoms with Crippen LogP contribution < -0.4 is 4.90 Å². The second kappa shape index (κ2) is 4.68. The van der Waals surface area contributed by atoms with E-state index in [0.717, 1.165) is 5.69 Å². The molecule has 0 atom stereocenters. The van der Waals surface area contributed by atoms with Gasteiger partial charge in [-0.2, -0.15) is 5.26 Å². The minimum atomic E-state index is 0.709. The molecular formula is C9H10N2S. The Hall–Kier alpha value is -1.14. The number of benzene rings is 1. The van der Waals surface area contributed by atoms with Gasteiger partial charge in [-0.15, -0.1) is 11.8 Å². The molecule has 0 saturated heterocycles. The van der Waals surface area contributed by atoms with Gasteiger partial charge in [0.1, 0.15) is 0 Å². The third kappa shape index (κ3) is 2.18. The molecule has 0 aliphatic rings. The molecule has 62 valence electrons. The van der Waals surface area contributed by atoms with Crippen molar-refractivity contribution in [1.29, 1.82) is 5.26 Å². The molecule has 0 N–H and O–H groups in total. The van der Waals surface area contributed by atoms with Gasteiger partial charge < -0.3 is 0 Å². The van der Waals surface area contributed by atoms with E-state index in [1.807, 2.05) is 36.6 Å². The lowest BCUT2D eigenvalue weighted by Crippen LogP contribution is -2.14. The van der Waals surface area contributed by atoms with E-state index in [9.17, 15) is 0 Å². The number of hydrogen-bond acceptors (Lipinski definition) is 3. The zero-order valence-electron chi connectivity index (χ0n) is 6.90. The zero-order valence-corrected chi connectivity index (χ0v) is 7.71. The molecule has 12 heavy (non-hydrogen) atoms. The Morgan fingerprint density at radius 3 is 2.58 bits per heavy atom. The highest BCUT2D eigenvalue weighted by Gasteiger charge is 2.01. The fraction of sp³-hybridized carbons (Fsp3) is 0.222. The largest absolute Gasteiger partial charge is 0.270 e. The molecule has 1 rings (SSSR count). The highest BCUT2D eigenvalue weighted by atomic mass is 32.2. The molecule has 0 heterocycles. The van der Waals surface area contributed by atoms with Crippen LogP contribution in [0.5, 0.6) is 0 Å². The summed E-state index contributed by atoms with van der Waals surface area (Å²) in [5.41, 5.74) is 0.953. The van der Waals surface area contributed by atoms with E-state index in [2.05, 4.69) is 6.19 Å². The second-order valence-corrected chi connectivity index (χ2v) is 3.12. The van der Waals surface area contributed by atoms with E-state index in [1.165, 1.54) is 0 Å². The summed E-state index contributed by atoms with van der Waals surface area (Å²) in [6, 6.07) is 9.66. The van der Waals surface area contributed by atoms with Crippen molar-refractivity contribution in [3.63, 3.8) is 0 Å². The first-order chi connectivity index (χ1) is 5.88. The van der Waals surface area contributed by atoms with Crippen molar-refractivity contribution < 1.29 is 0 Å². The van der Waals surface area contributed by atoms with Gasteiger partial charge in [0.25, 0.3) is 0 Å². The maximum absolute atomic E-state index is 8.77. The van der Waals surface area contributed by atoms with Crippen molar-refractivity contribution >= 4 is 17.4 Å². The van der Waals surface area contributed by atoms with Crippen molar-refractivity contribution in [2.45, 2.75) is 0 Å². The summed E-state index contributed by atoms with van der Waals surface area (Å²) in [5.74, 6) is 0.709. The number of nitriles is 1. The van der Waals surface area contributed by atoms with Gasteiger partial charge in [-0.1, -0.05) is 18.2 Å². The normalized spacial score (nSPS) is 9.00. The van der Waals surface area contributed by atoms with Crippen LogP contribution in [-0.2, 0) is 0 Å². The van der Waals surface area contributed by atoms with Crippen LogP contribution in [0.15, 0.2) is 30.3 Å². The van der Waals surface area contributed by atoms with Crippen molar-refractivity contribution in [3.8, 4) is 6.19 Å². The molecule has 0 aromatic heterocycles. The summed E-state index contributed by atoms with van der Waals surface area (Å²) < 4.78 is 0. The summed E-state index contributed by atoms with van der Waals surface area (Å²) >= 11 is 1.63. The highest BCUT2D eigenvalue weighted by Crippen LogP contribution is 2.13. The summed E-state index contributed by atoms with van der Waals surface area (Å²) in [6.07, 6.45) is 4.11. The first-order valence-corrected chi connectivity index (χ1v) is 4.99. The van der Waals surface area contributed by atoms with Gasteiger partial charge in [0.2, 0.25) is 0 Å². The summed E-state index contributed by atoms with van der Waals surface area (Å²) in [6.45, 7) is 0. The van der Waals surface area contributed by atoms with Gasteiger partial charge in [-0.05, 0) is 18.4 Å².